The minimum atomic E-state index is -0.860. The van der Waals surface area contributed by atoms with E-state index in [1.807, 2.05) is 30.3 Å². The van der Waals surface area contributed by atoms with Crippen LogP contribution in [0.4, 0.5) is 16.2 Å². The molecule has 2 bridgehead atoms. The van der Waals surface area contributed by atoms with E-state index < -0.39 is 17.1 Å². The van der Waals surface area contributed by atoms with E-state index >= 15 is 0 Å². The van der Waals surface area contributed by atoms with Gasteiger partial charge in [0.05, 0.1) is 16.8 Å². The second-order valence-corrected chi connectivity index (χ2v) is 9.45. The van der Waals surface area contributed by atoms with Gasteiger partial charge in [-0.25, -0.2) is 4.79 Å². The van der Waals surface area contributed by atoms with Gasteiger partial charge in [0.2, 0.25) is 11.8 Å². The van der Waals surface area contributed by atoms with Crippen LogP contribution in [0.2, 0.25) is 0 Å². The molecule has 0 unspecified atom stereocenters. The van der Waals surface area contributed by atoms with Gasteiger partial charge in [-0.2, -0.15) is 0 Å². The number of nitro benzene ring substituents is 1. The Kier molecular flexibility index (Phi) is 5.84. The average molecular weight is 475 g/mol. The molecule has 1 heterocycles. The summed E-state index contributed by atoms with van der Waals surface area (Å²) in [5, 5.41) is 16.5. The fraction of sp³-hybridized carbons (Fsp3) is 0.346. The molecule has 1 saturated carbocycles. The first-order valence-electron chi connectivity index (χ1n) is 11.7. The molecule has 2 fully saturated rings. The van der Waals surface area contributed by atoms with E-state index in [-0.39, 0.29) is 47.6 Å². The van der Waals surface area contributed by atoms with Crippen LogP contribution >= 0.6 is 0 Å². The van der Waals surface area contributed by atoms with Crippen LogP contribution in [-0.4, -0.2) is 33.8 Å². The maximum atomic E-state index is 13.5. The van der Waals surface area contributed by atoms with Crippen molar-refractivity contribution in [2.24, 2.45) is 23.7 Å². The van der Waals surface area contributed by atoms with E-state index in [4.69, 9.17) is 0 Å². The molecule has 1 saturated heterocycles. The molecule has 6 rings (SSSR count). The van der Waals surface area contributed by atoms with Crippen LogP contribution in [0.15, 0.2) is 60.7 Å². The Morgan fingerprint density at radius 1 is 1.06 bits per heavy atom. The van der Waals surface area contributed by atoms with Crippen LogP contribution in [0.5, 0.6) is 0 Å². The zero-order valence-corrected chi connectivity index (χ0v) is 19.2. The van der Waals surface area contributed by atoms with Gasteiger partial charge in [0.25, 0.3) is 5.69 Å². The predicted molar refractivity (Wildman–Crippen MR) is 128 cm³/mol. The highest BCUT2D eigenvalue weighted by Crippen LogP contribution is 2.50. The maximum absolute atomic E-state index is 13.5. The third kappa shape index (κ3) is 4.18. The van der Waals surface area contributed by atoms with E-state index in [0.29, 0.717) is 11.3 Å². The fourth-order valence-corrected chi connectivity index (χ4v) is 5.66. The van der Waals surface area contributed by atoms with Crippen molar-refractivity contribution < 1.29 is 19.3 Å². The average Bonchev–Trinajstić information content (AvgIpc) is 3.13. The summed E-state index contributed by atoms with van der Waals surface area (Å²) in [6, 6.07) is 12.9. The molecule has 9 nitrogen and oxygen atoms in total. The first kappa shape index (κ1) is 22.8. The summed E-state index contributed by atoms with van der Waals surface area (Å²) in [5.41, 5.74) is 1.73. The fourth-order valence-electron chi connectivity index (χ4n) is 5.66. The molecule has 0 aromatic heterocycles. The number of nitrogens with zero attached hydrogens (tertiary/aromatic N) is 2. The maximum Gasteiger partial charge on any atom is 0.320 e. The van der Waals surface area contributed by atoms with E-state index in [0.717, 1.165) is 18.4 Å². The number of likely N-dealkylation sites (tertiary alicyclic amines) is 1. The van der Waals surface area contributed by atoms with E-state index in [9.17, 15) is 24.5 Å². The topological polar surface area (TPSA) is 122 Å². The molecule has 2 N–H and O–H groups in total. The number of amides is 4. The number of allylic oxidation sites excluding steroid dienone is 2. The van der Waals surface area contributed by atoms with Crippen molar-refractivity contribution in [3.8, 4) is 0 Å². The molecule has 35 heavy (non-hydrogen) atoms. The largest absolute Gasteiger partial charge is 0.320 e. The lowest BCUT2D eigenvalue weighted by molar-refractivity contribution is -0.384. The van der Waals surface area contributed by atoms with Gasteiger partial charge in [0.15, 0.2) is 0 Å². The molecule has 180 valence electrons. The summed E-state index contributed by atoms with van der Waals surface area (Å²) >= 11 is 0. The number of anilines is 1. The summed E-state index contributed by atoms with van der Waals surface area (Å²) in [7, 11) is 0. The Bertz CT molecular complexity index is 1200. The monoisotopic (exact) mass is 474 g/mol. The van der Waals surface area contributed by atoms with Crippen molar-refractivity contribution in [3.63, 3.8) is 0 Å². The number of urea groups is 1. The summed E-state index contributed by atoms with van der Waals surface area (Å²) < 4.78 is 0. The third-order valence-corrected chi connectivity index (χ3v) is 7.34. The van der Waals surface area contributed by atoms with Crippen LogP contribution in [0.1, 0.15) is 24.0 Å². The van der Waals surface area contributed by atoms with E-state index in [2.05, 4.69) is 22.8 Å². The summed E-state index contributed by atoms with van der Waals surface area (Å²) in [6.45, 7) is 1.66. The zero-order chi connectivity index (χ0) is 24.7. The number of benzene rings is 2. The predicted octanol–water partition coefficient (Wildman–Crippen LogP) is 3.79. The number of carbonyl (C=O) groups excluding carboxylic acids is 3. The summed E-state index contributed by atoms with van der Waals surface area (Å²) in [4.78, 5) is 51.8. The molecule has 2 aromatic rings. The minimum absolute atomic E-state index is 0.0559. The van der Waals surface area contributed by atoms with Crippen molar-refractivity contribution >= 4 is 29.2 Å². The molecule has 4 aliphatic rings. The number of non-ortho nitro benzene ring substituents is 1. The second-order valence-electron chi connectivity index (χ2n) is 9.45. The second kappa shape index (κ2) is 8.98. The van der Waals surface area contributed by atoms with Gasteiger partial charge in [-0.05, 0) is 48.8 Å². The van der Waals surface area contributed by atoms with Gasteiger partial charge in [0, 0.05) is 24.2 Å². The summed E-state index contributed by atoms with van der Waals surface area (Å²) in [6.07, 6.45) is 5.33. The molecule has 4 amide bonds. The van der Waals surface area contributed by atoms with Crippen LogP contribution in [-0.2, 0) is 16.0 Å². The van der Waals surface area contributed by atoms with Crippen molar-refractivity contribution in [2.75, 3.05) is 5.32 Å². The quantitative estimate of drug-likeness (QED) is 0.286. The van der Waals surface area contributed by atoms with Gasteiger partial charge >= 0.3 is 6.03 Å². The first-order chi connectivity index (χ1) is 16.8. The van der Waals surface area contributed by atoms with Crippen molar-refractivity contribution in [3.05, 3.63) is 81.9 Å². The molecule has 3 aliphatic carbocycles. The van der Waals surface area contributed by atoms with Crippen LogP contribution < -0.4 is 10.6 Å². The lowest BCUT2D eigenvalue weighted by Crippen LogP contribution is -2.53. The van der Waals surface area contributed by atoms with Gasteiger partial charge in [-0.15, -0.1) is 0 Å². The number of fused-ring (bicyclic) bond motifs is 1. The summed E-state index contributed by atoms with van der Waals surface area (Å²) in [5.74, 6) is -1.09. The third-order valence-electron chi connectivity index (χ3n) is 7.34. The minimum Gasteiger partial charge on any atom is -0.317 e. The zero-order valence-electron chi connectivity index (χ0n) is 19.2. The SMILES string of the molecule is Cc1cc([N+](=O)[O-])ccc1NC(=O)N[C@H](Cc1ccccc1)N1C(=O)[C@@H]2[C@H](C1=O)[C@H]1C=C[C@H]2CC1. The number of carbonyl (C=O) groups is 3. The van der Waals surface area contributed by atoms with Gasteiger partial charge in [-0.3, -0.25) is 24.6 Å². The standard InChI is InChI=1S/C26H26N4O5/c1-15-13-19(30(34)35)11-12-20(15)27-26(33)28-21(14-16-5-3-2-4-6-16)29-24(31)22-17-7-8-18(10-9-17)23(22)25(29)32/h2-8,11-13,17-18,21-23H,9-10,14H2,1H3,(H2,27,28,33)/t17-,18-,21-,22-,23+/m0/s1. The molecule has 2 aromatic carbocycles. The van der Waals surface area contributed by atoms with Crippen LogP contribution in [0.3, 0.4) is 0 Å². The Hall–Kier alpha value is -4.01. The highest BCUT2D eigenvalue weighted by Gasteiger charge is 2.58. The van der Waals surface area contributed by atoms with Crippen LogP contribution in [0, 0.1) is 40.7 Å². The number of hydrogen-bond donors (Lipinski definition) is 2. The molecule has 5 atom stereocenters. The number of rotatable bonds is 6. The molecule has 9 heteroatoms. The number of nitrogens with one attached hydrogen (secondary N) is 2. The van der Waals surface area contributed by atoms with Gasteiger partial charge in [0.1, 0.15) is 6.17 Å². The van der Waals surface area contributed by atoms with E-state index in [1.165, 1.54) is 23.1 Å². The number of imide groups is 1. The Morgan fingerprint density at radius 3 is 2.23 bits per heavy atom. The number of nitro groups is 1. The highest BCUT2D eigenvalue weighted by atomic mass is 16.6. The Morgan fingerprint density at radius 2 is 1.69 bits per heavy atom. The molecule has 0 radical (unpaired) electrons. The Labute approximate surface area is 202 Å². The van der Waals surface area contributed by atoms with Gasteiger partial charge in [-0.1, -0.05) is 42.5 Å². The van der Waals surface area contributed by atoms with E-state index in [1.54, 1.807) is 6.92 Å². The molecule has 0 spiro atoms. The lowest BCUT2D eigenvalue weighted by Gasteiger charge is -2.38. The molecular formula is C26H26N4O5. The molecular weight excluding hydrogens is 448 g/mol. The van der Waals surface area contributed by atoms with Crippen molar-refractivity contribution in [2.45, 2.75) is 32.4 Å². The van der Waals surface area contributed by atoms with Crippen molar-refractivity contribution in [1.82, 2.24) is 10.2 Å². The normalized spacial score (nSPS) is 25.3. The van der Waals surface area contributed by atoms with Crippen molar-refractivity contribution in [1.29, 1.82) is 0 Å². The highest BCUT2D eigenvalue weighted by molar-refractivity contribution is 6.06. The Balaban J connectivity index is 1.39. The lowest BCUT2D eigenvalue weighted by atomic mass is 9.63. The van der Waals surface area contributed by atoms with Gasteiger partial charge < -0.3 is 10.6 Å². The molecule has 1 aliphatic heterocycles. The smallest absolute Gasteiger partial charge is 0.317 e. The number of hydrogen-bond acceptors (Lipinski definition) is 5. The van der Waals surface area contributed by atoms with Crippen LogP contribution in [0.25, 0.3) is 0 Å². The number of aryl methyl sites for hydroxylation is 1. The first-order valence-corrected chi connectivity index (χ1v) is 11.7.